The van der Waals surface area contributed by atoms with Crippen LogP contribution >= 0.6 is 15.9 Å². The number of aromatic amines is 1. The lowest BCUT2D eigenvalue weighted by molar-refractivity contribution is 1.12. The summed E-state index contributed by atoms with van der Waals surface area (Å²) in [6.45, 7) is 0. The zero-order valence-corrected chi connectivity index (χ0v) is 9.90. The molecule has 3 aromatic rings. The lowest BCUT2D eigenvalue weighted by Crippen LogP contribution is -1.78. The Labute approximate surface area is 101 Å². The van der Waals surface area contributed by atoms with Crippen LogP contribution in [0, 0.1) is 0 Å². The van der Waals surface area contributed by atoms with Crippen LogP contribution in [0.3, 0.4) is 0 Å². The molecule has 0 aliphatic heterocycles. The van der Waals surface area contributed by atoms with E-state index in [0.717, 1.165) is 26.6 Å². The maximum absolute atomic E-state index is 4.31. The minimum atomic E-state index is 0.940. The highest BCUT2D eigenvalue weighted by Crippen LogP contribution is 2.26. The third-order valence-electron chi connectivity index (χ3n) is 2.48. The summed E-state index contributed by atoms with van der Waals surface area (Å²) in [4.78, 5) is 4.12. The summed E-state index contributed by atoms with van der Waals surface area (Å²) in [7, 11) is 0. The van der Waals surface area contributed by atoms with Crippen molar-refractivity contribution in [3.05, 3.63) is 47.2 Å². The van der Waals surface area contributed by atoms with Crippen LogP contribution < -0.4 is 0 Å². The molecular formula is C12H8BrN3. The van der Waals surface area contributed by atoms with Gasteiger partial charge in [-0.1, -0.05) is 28.1 Å². The van der Waals surface area contributed by atoms with Gasteiger partial charge >= 0.3 is 0 Å². The highest BCUT2D eigenvalue weighted by Gasteiger charge is 2.07. The Kier molecular flexibility index (Phi) is 2.22. The molecule has 2 heterocycles. The van der Waals surface area contributed by atoms with E-state index in [4.69, 9.17) is 0 Å². The summed E-state index contributed by atoms with van der Waals surface area (Å²) in [6, 6.07) is 10.0. The molecule has 16 heavy (non-hydrogen) atoms. The van der Waals surface area contributed by atoms with Crippen molar-refractivity contribution in [1.29, 1.82) is 0 Å². The van der Waals surface area contributed by atoms with Crippen LogP contribution in [0.1, 0.15) is 0 Å². The standard InChI is InChI=1S/C12H8BrN3/c13-9-3-1-8(2-4-9)12-10-7-14-6-5-11(10)15-16-12/h1-7H,(H,15,16). The molecular weight excluding hydrogens is 266 g/mol. The Hall–Kier alpha value is -1.68. The Morgan fingerprint density at radius 2 is 1.88 bits per heavy atom. The van der Waals surface area contributed by atoms with Gasteiger partial charge in [0.25, 0.3) is 0 Å². The number of nitrogens with one attached hydrogen (secondary N) is 1. The topological polar surface area (TPSA) is 41.6 Å². The molecule has 0 aliphatic rings. The fourth-order valence-corrected chi connectivity index (χ4v) is 1.95. The maximum atomic E-state index is 4.31. The van der Waals surface area contributed by atoms with Gasteiger partial charge in [0.15, 0.2) is 0 Å². The van der Waals surface area contributed by atoms with Crippen molar-refractivity contribution in [2.75, 3.05) is 0 Å². The first-order valence-electron chi connectivity index (χ1n) is 4.88. The average Bonchev–Trinajstić information content (AvgIpc) is 2.74. The molecule has 4 heteroatoms. The van der Waals surface area contributed by atoms with Gasteiger partial charge in [0, 0.05) is 27.8 Å². The number of aromatic nitrogens is 3. The van der Waals surface area contributed by atoms with Crippen LogP contribution in [0.2, 0.25) is 0 Å². The fourth-order valence-electron chi connectivity index (χ4n) is 1.68. The van der Waals surface area contributed by atoms with E-state index >= 15 is 0 Å². The molecule has 0 aliphatic carbocycles. The van der Waals surface area contributed by atoms with Gasteiger partial charge in [-0.3, -0.25) is 10.1 Å². The van der Waals surface area contributed by atoms with Gasteiger partial charge in [0.05, 0.1) is 5.52 Å². The second kappa shape index (κ2) is 3.72. The lowest BCUT2D eigenvalue weighted by Gasteiger charge is -1.97. The van der Waals surface area contributed by atoms with E-state index in [9.17, 15) is 0 Å². The number of pyridine rings is 1. The van der Waals surface area contributed by atoms with Crippen LogP contribution in [0.5, 0.6) is 0 Å². The van der Waals surface area contributed by atoms with Crippen LogP contribution in [0.25, 0.3) is 22.2 Å². The third-order valence-corrected chi connectivity index (χ3v) is 3.01. The number of fused-ring (bicyclic) bond motifs is 1. The molecule has 0 radical (unpaired) electrons. The molecule has 78 valence electrons. The van der Waals surface area contributed by atoms with E-state index in [1.807, 2.05) is 36.5 Å². The number of nitrogens with zero attached hydrogens (tertiary/aromatic N) is 2. The largest absolute Gasteiger partial charge is 0.277 e. The minimum Gasteiger partial charge on any atom is -0.277 e. The Morgan fingerprint density at radius 3 is 2.69 bits per heavy atom. The Bertz CT molecular complexity index is 628. The first-order chi connectivity index (χ1) is 7.84. The molecule has 1 aromatic carbocycles. The summed E-state index contributed by atoms with van der Waals surface area (Å²) in [5.41, 5.74) is 3.03. The Morgan fingerprint density at radius 1 is 1.06 bits per heavy atom. The van der Waals surface area contributed by atoms with E-state index in [-0.39, 0.29) is 0 Å². The molecule has 3 nitrogen and oxygen atoms in total. The van der Waals surface area contributed by atoms with E-state index in [1.165, 1.54) is 0 Å². The van der Waals surface area contributed by atoms with Crippen molar-refractivity contribution in [3.8, 4) is 11.3 Å². The molecule has 0 spiro atoms. The summed E-state index contributed by atoms with van der Waals surface area (Å²) >= 11 is 3.42. The zero-order chi connectivity index (χ0) is 11.0. The molecule has 0 amide bonds. The molecule has 0 unspecified atom stereocenters. The van der Waals surface area contributed by atoms with E-state index in [1.54, 1.807) is 6.20 Å². The smallest absolute Gasteiger partial charge is 0.101 e. The number of benzene rings is 1. The average molecular weight is 274 g/mol. The fraction of sp³-hybridized carbons (Fsp3) is 0. The second-order valence-corrected chi connectivity index (χ2v) is 4.42. The zero-order valence-electron chi connectivity index (χ0n) is 8.31. The molecule has 3 rings (SSSR count). The van der Waals surface area contributed by atoms with Crippen molar-refractivity contribution < 1.29 is 0 Å². The maximum Gasteiger partial charge on any atom is 0.101 e. The number of rotatable bonds is 1. The summed E-state index contributed by atoms with van der Waals surface area (Å²) in [5.74, 6) is 0. The normalized spacial score (nSPS) is 10.8. The minimum absolute atomic E-state index is 0.940. The number of H-pyrrole nitrogens is 1. The van der Waals surface area contributed by atoms with Crippen LogP contribution in [-0.2, 0) is 0 Å². The van der Waals surface area contributed by atoms with Gasteiger partial charge < -0.3 is 0 Å². The SMILES string of the molecule is Brc1ccc(-c2n[nH]c3ccncc23)cc1. The van der Waals surface area contributed by atoms with Gasteiger partial charge in [-0.2, -0.15) is 5.10 Å². The van der Waals surface area contributed by atoms with Crippen molar-refractivity contribution >= 4 is 26.8 Å². The van der Waals surface area contributed by atoms with Gasteiger partial charge in [0.1, 0.15) is 5.69 Å². The first-order valence-corrected chi connectivity index (χ1v) is 5.68. The van der Waals surface area contributed by atoms with Crippen LogP contribution in [-0.4, -0.2) is 15.2 Å². The van der Waals surface area contributed by atoms with Crippen molar-refractivity contribution in [2.45, 2.75) is 0 Å². The number of hydrogen-bond donors (Lipinski definition) is 1. The Balaban J connectivity index is 2.22. The van der Waals surface area contributed by atoms with Crippen molar-refractivity contribution in [3.63, 3.8) is 0 Å². The highest BCUT2D eigenvalue weighted by molar-refractivity contribution is 9.10. The quantitative estimate of drug-likeness (QED) is 0.739. The summed E-state index contributed by atoms with van der Waals surface area (Å²) < 4.78 is 1.06. The van der Waals surface area contributed by atoms with E-state index in [0.29, 0.717) is 0 Å². The lowest BCUT2D eigenvalue weighted by atomic mass is 10.1. The van der Waals surface area contributed by atoms with Gasteiger partial charge in [0.2, 0.25) is 0 Å². The van der Waals surface area contributed by atoms with E-state index in [2.05, 4.69) is 31.1 Å². The van der Waals surface area contributed by atoms with Crippen molar-refractivity contribution in [1.82, 2.24) is 15.2 Å². The third kappa shape index (κ3) is 1.51. The molecule has 1 N–H and O–H groups in total. The predicted molar refractivity (Wildman–Crippen MR) is 67.0 cm³/mol. The summed E-state index contributed by atoms with van der Waals surface area (Å²) in [6.07, 6.45) is 3.59. The molecule has 0 saturated carbocycles. The molecule has 0 fully saturated rings. The monoisotopic (exact) mass is 273 g/mol. The van der Waals surface area contributed by atoms with Gasteiger partial charge in [-0.05, 0) is 18.2 Å². The van der Waals surface area contributed by atoms with Crippen LogP contribution in [0.15, 0.2) is 47.2 Å². The predicted octanol–water partition coefficient (Wildman–Crippen LogP) is 3.39. The highest BCUT2D eigenvalue weighted by atomic mass is 79.9. The van der Waals surface area contributed by atoms with Crippen molar-refractivity contribution in [2.24, 2.45) is 0 Å². The molecule has 0 saturated heterocycles. The van der Waals surface area contributed by atoms with Gasteiger partial charge in [-0.15, -0.1) is 0 Å². The molecule has 0 atom stereocenters. The van der Waals surface area contributed by atoms with Crippen LogP contribution in [0.4, 0.5) is 0 Å². The molecule has 2 aromatic heterocycles. The van der Waals surface area contributed by atoms with E-state index < -0.39 is 0 Å². The first kappa shape index (κ1) is 9.54. The summed E-state index contributed by atoms with van der Waals surface area (Å²) in [5, 5.41) is 8.36. The number of halogens is 1. The number of hydrogen-bond acceptors (Lipinski definition) is 2. The van der Waals surface area contributed by atoms with Gasteiger partial charge in [-0.25, -0.2) is 0 Å². The molecule has 0 bridgehead atoms. The second-order valence-electron chi connectivity index (χ2n) is 3.50.